The highest BCUT2D eigenvalue weighted by Crippen LogP contribution is 2.30. The average molecular weight is 292 g/mol. The molecule has 1 atom stereocenters. The lowest BCUT2D eigenvalue weighted by Gasteiger charge is -2.30. The molecule has 1 heterocycles. The molecule has 1 fully saturated rings. The zero-order valence-corrected chi connectivity index (χ0v) is 12.5. The molecule has 0 bridgehead atoms. The van der Waals surface area contributed by atoms with Gasteiger partial charge in [0.25, 0.3) is 5.91 Å². The third-order valence-electron chi connectivity index (χ3n) is 3.61. The summed E-state index contributed by atoms with van der Waals surface area (Å²) < 4.78 is 10.5. The molecule has 1 aromatic carbocycles. The van der Waals surface area contributed by atoms with E-state index in [2.05, 4.69) is 5.32 Å². The van der Waals surface area contributed by atoms with E-state index in [-0.39, 0.29) is 17.9 Å². The normalized spacial score (nSPS) is 18.3. The van der Waals surface area contributed by atoms with Crippen LogP contribution in [0.1, 0.15) is 23.2 Å². The molecule has 2 rings (SSSR count). The summed E-state index contributed by atoms with van der Waals surface area (Å²) >= 11 is 0. The van der Waals surface area contributed by atoms with Crippen molar-refractivity contribution in [2.75, 3.05) is 27.8 Å². The monoisotopic (exact) mass is 292 g/mol. The number of carbonyl (C=O) groups is 2. The van der Waals surface area contributed by atoms with Crippen molar-refractivity contribution in [3.63, 3.8) is 0 Å². The predicted molar refractivity (Wildman–Crippen MR) is 77.7 cm³/mol. The summed E-state index contributed by atoms with van der Waals surface area (Å²) in [6, 6.07) is 5.13. The number of hydrogen-bond acceptors (Lipinski definition) is 4. The van der Waals surface area contributed by atoms with Crippen LogP contribution in [0.25, 0.3) is 0 Å². The molecular formula is C15H20N2O4. The number of piperidine rings is 1. The van der Waals surface area contributed by atoms with E-state index in [4.69, 9.17) is 9.47 Å². The number of hydrogen-bond donors (Lipinski definition) is 1. The summed E-state index contributed by atoms with van der Waals surface area (Å²) in [4.78, 5) is 25.5. The zero-order valence-electron chi connectivity index (χ0n) is 12.5. The second kappa shape index (κ2) is 6.47. The Labute approximate surface area is 124 Å². The third kappa shape index (κ3) is 3.26. The Morgan fingerprint density at radius 2 is 2.10 bits per heavy atom. The first-order valence-corrected chi connectivity index (χ1v) is 6.82. The van der Waals surface area contributed by atoms with Crippen LogP contribution < -0.4 is 14.8 Å². The van der Waals surface area contributed by atoms with Crippen LogP contribution >= 0.6 is 0 Å². The van der Waals surface area contributed by atoms with Crippen molar-refractivity contribution in [2.24, 2.45) is 0 Å². The molecule has 1 N–H and O–H groups in total. The maximum Gasteiger partial charge on any atom is 0.255 e. The van der Waals surface area contributed by atoms with E-state index >= 15 is 0 Å². The van der Waals surface area contributed by atoms with E-state index < -0.39 is 0 Å². The zero-order chi connectivity index (χ0) is 15.4. The van der Waals surface area contributed by atoms with Gasteiger partial charge in [-0.2, -0.15) is 0 Å². The molecule has 6 nitrogen and oxygen atoms in total. The number of rotatable bonds is 4. The quantitative estimate of drug-likeness (QED) is 0.901. The smallest absolute Gasteiger partial charge is 0.255 e. The van der Waals surface area contributed by atoms with Gasteiger partial charge in [0, 0.05) is 26.1 Å². The van der Waals surface area contributed by atoms with Crippen molar-refractivity contribution in [1.82, 2.24) is 10.2 Å². The van der Waals surface area contributed by atoms with E-state index in [1.54, 1.807) is 30.1 Å². The van der Waals surface area contributed by atoms with Crippen molar-refractivity contribution < 1.29 is 19.1 Å². The fraction of sp³-hybridized carbons (Fsp3) is 0.467. The maximum absolute atomic E-state index is 12.4. The van der Waals surface area contributed by atoms with E-state index in [1.807, 2.05) is 0 Å². The second-order valence-electron chi connectivity index (χ2n) is 5.02. The van der Waals surface area contributed by atoms with E-state index in [0.717, 1.165) is 0 Å². The Balaban J connectivity index is 2.12. The van der Waals surface area contributed by atoms with Crippen LogP contribution in [0.5, 0.6) is 11.5 Å². The number of amides is 2. The lowest BCUT2D eigenvalue weighted by Crippen LogP contribution is -2.48. The number of para-hydroxylation sites is 1. The molecule has 0 aromatic heterocycles. The van der Waals surface area contributed by atoms with Gasteiger partial charge in [-0.05, 0) is 18.6 Å². The fourth-order valence-corrected chi connectivity index (χ4v) is 2.46. The third-order valence-corrected chi connectivity index (χ3v) is 3.61. The Bertz CT molecular complexity index is 544. The minimum Gasteiger partial charge on any atom is -0.493 e. The Morgan fingerprint density at radius 3 is 2.71 bits per heavy atom. The highest BCUT2D eigenvalue weighted by molar-refractivity contribution is 5.98. The lowest BCUT2D eigenvalue weighted by atomic mass is 10.0. The maximum atomic E-state index is 12.4. The van der Waals surface area contributed by atoms with Crippen molar-refractivity contribution in [1.29, 1.82) is 0 Å². The van der Waals surface area contributed by atoms with Crippen LogP contribution in [-0.4, -0.2) is 50.6 Å². The molecule has 2 amide bonds. The summed E-state index contributed by atoms with van der Waals surface area (Å²) in [6.45, 7) is 0.525. The standard InChI is InChI=1S/C15H20N2O4/c1-17-9-10(7-8-13(17)18)16-15(19)11-5-4-6-12(20-2)14(11)21-3/h4-6,10H,7-9H2,1-3H3,(H,16,19)/t10-/m1/s1. The molecule has 6 heteroatoms. The molecule has 0 saturated carbocycles. The minimum absolute atomic E-state index is 0.0453. The summed E-state index contributed by atoms with van der Waals surface area (Å²) in [7, 11) is 4.77. The highest BCUT2D eigenvalue weighted by Gasteiger charge is 2.25. The van der Waals surface area contributed by atoms with Gasteiger partial charge >= 0.3 is 0 Å². The lowest BCUT2D eigenvalue weighted by molar-refractivity contribution is -0.132. The van der Waals surface area contributed by atoms with Gasteiger partial charge < -0.3 is 19.7 Å². The van der Waals surface area contributed by atoms with Gasteiger partial charge in [-0.3, -0.25) is 9.59 Å². The highest BCUT2D eigenvalue weighted by atomic mass is 16.5. The molecule has 0 aliphatic carbocycles. The first-order chi connectivity index (χ1) is 10.1. The summed E-state index contributed by atoms with van der Waals surface area (Å²) in [5, 5.41) is 2.94. The van der Waals surface area contributed by atoms with Crippen LogP contribution in [0, 0.1) is 0 Å². The first-order valence-electron chi connectivity index (χ1n) is 6.82. The molecule has 1 aromatic rings. The van der Waals surface area contributed by atoms with Crippen LogP contribution in [0.4, 0.5) is 0 Å². The Kier molecular flexibility index (Phi) is 4.67. The van der Waals surface area contributed by atoms with Crippen molar-refractivity contribution in [2.45, 2.75) is 18.9 Å². The number of likely N-dealkylation sites (N-methyl/N-ethyl adjacent to an activating group) is 1. The van der Waals surface area contributed by atoms with Crippen LogP contribution in [0.15, 0.2) is 18.2 Å². The number of ether oxygens (including phenoxy) is 2. The second-order valence-corrected chi connectivity index (χ2v) is 5.02. The van der Waals surface area contributed by atoms with Crippen molar-refractivity contribution >= 4 is 11.8 Å². The number of carbonyl (C=O) groups excluding carboxylic acids is 2. The number of benzene rings is 1. The minimum atomic E-state index is -0.224. The van der Waals surface area contributed by atoms with E-state index in [1.165, 1.54) is 14.2 Å². The van der Waals surface area contributed by atoms with E-state index in [0.29, 0.717) is 36.4 Å². The topological polar surface area (TPSA) is 67.9 Å². The Hall–Kier alpha value is -2.24. The number of nitrogens with one attached hydrogen (secondary N) is 1. The van der Waals surface area contributed by atoms with Gasteiger partial charge in [-0.1, -0.05) is 6.07 Å². The molecule has 1 aliphatic heterocycles. The molecule has 0 radical (unpaired) electrons. The first kappa shape index (κ1) is 15.2. The SMILES string of the molecule is COc1cccc(C(=O)N[C@@H]2CCC(=O)N(C)C2)c1OC. The van der Waals surface area contributed by atoms with Gasteiger partial charge in [0.05, 0.1) is 19.8 Å². The number of nitrogens with zero attached hydrogens (tertiary/aromatic N) is 1. The summed E-state index contributed by atoms with van der Waals surface area (Å²) in [6.07, 6.45) is 1.11. The van der Waals surface area contributed by atoms with Crippen LogP contribution in [0.3, 0.4) is 0 Å². The van der Waals surface area contributed by atoms with Crippen molar-refractivity contribution in [3.05, 3.63) is 23.8 Å². The Morgan fingerprint density at radius 1 is 1.33 bits per heavy atom. The predicted octanol–water partition coefficient (Wildman–Crippen LogP) is 1.05. The van der Waals surface area contributed by atoms with Gasteiger partial charge in [-0.25, -0.2) is 0 Å². The summed E-state index contributed by atoms with van der Waals surface area (Å²) in [5.41, 5.74) is 0.427. The van der Waals surface area contributed by atoms with Gasteiger partial charge in [0.1, 0.15) is 0 Å². The molecule has 0 unspecified atom stereocenters. The molecule has 21 heavy (non-hydrogen) atoms. The van der Waals surface area contributed by atoms with Crippen LogP contribution in [0.2, 0.25) is 0 Å². The average Bonchev–Trinajstić information content (AvgIpc) is 2.49. The van der Waals surface area contributed by atoms with Crippen LogP contribution in [-0.2, 0) is 4.79 Å². The van der Waals surface area contributed by atoms with Gasteiger partial charge in [-0.15, -0.1) is 0 Å². The van der Waals surface area contributed by atoms with Gasteiger partial charge in [0.2, 0.25) is 5.91 Å². The van der Waals surface area contributed by atoms with E-state index in [9.17, 15) is 9.59 Å². The fourth-order valence-electron chi connectivity index (χ4n) is 2.46. The van der Waals surface area contributed by atoms with Gasteiger partial charge in [0.15, 0.2) is 11.5 Å². The van der Waals surface area contributed by atoms with Crippen molar-refractivity contribution in [3.8, 4) is 11.5 Å². The molecule has 114 valence electrons. The number of methoxy groups -OCH3 is 2. The molecule has 0 spiro atoms. The number of likely N-dealkylation sites (tertiary alicyclic amines) is 1. The largest absolute Gasteiger partial charge is 0.493 e. The summed E-state index contributed by atoms with van der Waals surface area (Å²) in [5.74, 6) is 0.816. The molecular weight excluding hydrogens is 272 g/mol. The molecule has 1 saturated heterocycles. The molecule has 1 aliphatic rings.